The SMILES string of the molecule is CCS(=O)(=O)c1cc(N(C)C(C)=O)cnc1NCc1sc(C(F)(F)C(F)(F)F)cc1C(=O)OC. The highest BCUT2D eigenvalue weighted by atomic mass is 32.2. The van der Waals surface area contributed by atoms with E-state index in [0.717, 1.165) is 12.0 Å². The molecule has 0 atom stereocenters. The Balaban J connectivity index is 2.52. The predicted molar refractivity (Wildman–Crippen MR) is 114 cm³/mol. The van der Waals surface area contributed by atoms with Crippen molar-refractivity contribution in [3.05, 3.63) is 33.6 Å². The maximum Gasteiger partial charge on any atom is 0.458 e. The Bertz CT molecular complexity index is 1200. The van der Waals surface area contributed by atoms with E-state index >= 15 is 0 Å². The molecule has 0 aliphatic heterocycles. The van der Waals surface area contributed by atoms with Gasteiger partial charge in [0.05, 0.1) is 41.7 Å². The zero-order chi connectivity index (χ0) is 26.1. The molecule has 0 saturated heterocycles. The summed E-state index contributed by atoms with van der Waals surface area (Å²) in [7, 11) is -1.58. The number of alkyl halides is 5. The lowest BCUT2D eigenvalue weighted by molar-refractivity contribution is -0.287. The van der Waals surface area contributed by atoms with Crippen LogP contribution in [0, 0.1) is 0 Å². The number of esters is 1. The van der Waals surface area contributed by atoms with Gasteiger partial charge < -0.3 is 15.0 Å². The van der Waals surface area contributed by atoms with Crippen molar-refractivity contribution in [1.29, 1.82) is 0 Å². The van der Waals surface area contributed by atoms with E-state index < -0.39 is 50.8 Å². The first-order valence-electron chi connectivity index (χ1n) is 9.43. The molecule has 0 aromatic carbocycles. The van der Waals surface area contributed by atoms with Crippen molar-refractivity contribution in [3.63, 3.8) is 0 Å². The topological polar surface area (TPSA) is 106 Å². The molecule has 0 unspecified atom stereocenters. The van der Waals surface area contributed by atoms with Crippen LogP contribution in [-0.4, -0.2) is 51.4 Å². The van der Waals surface area contributed by atoms with E-state index in [0.29, 0.717) is 6.07 Å². The molecule has 0 aliphatic rings. The van der Waals surface area contributed by atoms with Crippen LogP contribution in [-0.2, 0) is 31.8 Å². The summed E-state index contributed by atoms with van der Waals surface area (Å²) in [5, 5.41) is 2.57. The lowest BCUT2D eigenvalue weighted by Gasteiger charge is -2.18. The van der Waals surface area contributed by atoms with Gasteiger partial charge in [-0.1, -0.05) is 6.92 Å². The number of anilines is 2. The first-order chi connectivity index (χ1) is 15.6. The number of methoxy groups -OCH3 is 1. The van der Waals surface area contributed by atoms with Crippen molar-refractivity contribution < 1.29 is 44.7 Å². The quantitative estimate of drug-likeness (QED) is 0.408. The summed E-state index contributed by atoms with van der Waals surface area (Å²) in [5.41, 5.74) is -0.379. The highest BCUT2D eigenvalue weighted by Crippen LogP contribution is 2.47. The number of pyridine rings is 1. The Morgan fingerprint density at radius 1 is 1.21 bits per heavy atom. The van der Waals surface area contributed by atoms with E-state index in [4.69, 9.17) is 0 Å². The van der Waals surface area contributed by atoms with Crippen molar-refractivity contribution in [3.8, 4) is 0 Å². The molecule has 15 heteroatoms. The number of hydrogen-bond donors (Lipinski definition) is 1. The monoisotopic (exact) mass is 529 g/mol. The van der Waals surface area contributed by atoms with Crippen LogP contribution in [0.25, 0.3) is 0 Å². The zero-order valence-corrected chi connectivity index (χ0v) is 19.9. The minimum absolute atomic E-state index is 0.0239. The van der Waals surface area contributed by atoms with Crippen molar-refractivity contribution in [1.82, 2.24) is 4.98 Å². The van der Waals surface area contributed by atoms with E-state index in [1.165, 1.54) is 33.2 Å². The fourth-order valence-electron chi connectivity index (χ4n) is 2.63. The number of aromatic nitrogens is 1. The van der Waals surface area contributed by atoms with Crippen molar-refractivity contribution in [2.75, 3.05) is 30.1 Å². The fraction of sp³-hybridized carbons (Fsp3) is 0.421. The molecule has 0 aliphatic carbocycles. The molecular weight excluding hydrogens is 509 g/mol. The normalized spacial score (nSPS) is 12.4. The van der Waals surface area contributed by atoms with E-state index in [-0.39, 0.29) is 38.4 Å². The number of thiophene rings is 1. The summed E-state index contributed by atoms with van der Waals surface area (Å²) in [4.78, 5) is 26.7. The molecule has 188 valence electrons. The van der Waals surface area contributed by atoms with Gasteiger partial charge in [0.1, 0.15) is 10.7 Å². The van der Waals surface area contributed by atoms with Crippen LogP contribution >= 0.6 is 11.3 Å². The standard InChI is InChI=1S/C19H20F5N3O5S2/c1-5-34(30,31)14-6-11(27(3)10(2)28)8-25-16(14)26-9-13-12(17(29)32-4)7-15(33-13)18(20,21)19(22,23)24/h6-8H,5,9H2,1-4H3,(H,25,26). The summed E-state index contributed by atoms with van der Waals surface area (Å²) in [5.74, 6) is -7.35. The molecule has 0 radical (unpaired) electrons. The van der Waals surface area contributed by atoms with Crippen LogP contribution in [0.5, 0.6) is 0 Å². The summed E-state index contributed by atoms with van der Waals surface area (Å²) >= 11 is 0.0239. The summed E-state index contributed by atoms with van der Waals surface area (Å²) in [6.45, 7) is 2.10. The molecule has 34 heavy (non-hydrogen) atoms. The number of nitrogens with one attached hydrogen (secondary N) is 1. The maximum atomic E-state index is 13.8. The first-order valence-corrected chi connectivity index (χ1v) is 11.9. The van der Waals surface area contributed by atoms with Gasteiger partial charge in [-0.15, -0.1) is 11.3 Å². The third-order valence-electron chi connectivity index (χ3n) is 4.71. The van der Waals surface area contributed by atoms with E-state index in [2.05, 4.69) is 15.0 Å². The Kier molecular flexibility index (Phi) is 7.92. The number of ether oxygens (including phenoxy) is 1. The molecule has 2 aromatic heterocycles. The highest BCUT2D eigenvalue weighted by molar-refractivity contribution is 7.91. The van der Waals surface area contributed by atoms with Gasteiger partial charge in [-0.3, -0.25) is 4.79 Å². The minimum atomic E-state index is -5.89. The third kappa shape index (κ3) is 5.46. The molecule has 0 fully saturated rings. The molecule has 8 nitrogen and oxygen atoms in total. The van der Waals surface area contributed by atoms with Crippen LogP contribution in [0.15, 0.2) is 23.2 Å². The first kappa shape index (κ1) is 27.4. The highest BCUT2D eigenvalue weighted by Gasteiger charge is 2.60. The molecule has 2 aromatic rings. The molecule has 0 saturated carbocycles. The van der Waals surface area contributed by atoms with Crippen LogP contribution in [0.1, 0.15) is 34.0 Å². The van der Waals surface area contributed by atoms with E-state index in [1.54, 1.807) is 0 Å². The number of hydrogen-bond acceptors (Lipinski definition) is 8. The van der Waals surface area contributed by atoms with Gasteiger partial charge in [0.2, 0.25) is 5.91 Å². The van der Waals surface area contributed by atoms with Crippen molar-refractivity contribution >= 4 is 44.6 Å². The van der Waals surface area contributed by atoms with Gasteiger partial charge in [-0.05, 0) is 12.1 Å². The molecular formula is C19H20F5N3O5S2. The second-order valence-electron chi connectivity index (χ2n) is 6.89. The van der Waals surface area contributed by atoms with E-state index in [9.17, 15) is 40.0 Å². The van der Waals surface area contributed by atoms with Crippen LogP contribution in [0.2, 0.25) is 0 Å². The van der Waals surface area contributed by atoms with Gasteiger partial charge in [0, 0.05) is 18.8 Å². The van der Waals surface area contributed by atoms with Gasteiger partial charge in [-0.2, -0.15) is 22.0 Å². The Morgan fingerprint density at radius 2 is 1.82 bits per heavy atom. The number of sulfone groups is 1. The molecule has 0 spiro atoms. The zero-order valence-electron chi connectivity index (χ0n) is 18.3. The molecule has 1 amide bonds. The predicted octanol–water partition coefficient (Wildman–Crippen LogP) is 3.97. The minimum Gasteiger partial charge on any atom is -0.465 e. The number of halogens is 5. The Morgan fingerprint density at radius 3 is 2.32 bits per heavy atom. The summed E-state index contributed by atoms with van der Waals surface area (Å²) < 4.78 is 95.6. The van der Waals surface area contributed by atoms with Crippen LogP contribution in [0.3, 0.4) is 0 Å². The second-order valence-corrected chi connectivity index (χ2v) is 10.3. The second kappa shape index (κ2) is 9.82. The van der Waals surface area contributed by atoms with Gasteiger partial charge in [0.25, 0.3) is 0 Å². The van der Waals surface area contributed by atoms with Gasteiger partial charge in [-0.25, -0.2) is 18.2 Å². The fourth-order valence-corrected chi connectivity index (χ4v) is 4.74. The number of amides is 1. The van der Waals surface area contributed by atoms with Gasteiger partial charge in [0.15, 0.2) is 9.84 Å². The molecule has 0 bridgehead atoms. The number of nitrogens with zero attached hydrogens (tertiary/aromatic N) is 2. The molecule has 2 heterocycles. The summed E-state index contributed by atoms with van der Waals surface area (Å²) in [6, 6.07) is 1.57. The Labute approximate surface area is 195 Å². The number of rotatable bonds is 8. The molecule has 1 N–H and O–H groups in total. The van der Waals surface area contributed by atoms with Crippen molar-refractivity contribution in [2.24, 2.45) is 0 Å². The Hall–Kier alpha value is -2.81. The van der Waals surface area contributed by atoms with Crippen LogP contribution < -0.4 is 10.2 Å². The summed E-state index contributed by atoms with van der Waals surface area (Å²) in [6.07, 6.45) is -4.71. The lowest BCUT2D eigenvalue weighted by Crippen LogP contribution is -2.32. The van der Waals surface area contributed by atoms with Gasteiger partial charge >= 0.3 is 18.1 Å². The van der Waals surface area contributed by atoms with E-state index in [1.807, 2.05) is 0 Å². The van der Waals surface area contributed by atoms with Crippen LogP contribution in [0.4, 0.5) is 33.5 Å². The number of carbonyl (C=O) groups excluding carboxylic acids is 2. The molecule has 2 rings (SSSR count). The average Bonchev–Trinajstić information content (AvgIpc) is 3.20. The lowest BCUT2D eigenvalue weighted by atomic mass is 10.2. The smallest absolute Gasteiger partial charge is 0.458 e. The number of carbonyl (C=O) groups is 2. The average molecular weight is 530 g/mol. The largest absolute Gasteiger partial charge is 0.465 e. The maximum absolute atomic E-state index is 13.8. The van der Waals surface area contributed by atoms with Crippen molar-refractivity contribution in [2.45, 2.75) is 37.4 Å². The third-order valence-corrected chi connectivity index (χ3v) is 7.66.